The summed E-state index contributed by atoms with van der Waals surface area (Å²) >= 11 is 0. The largest absolute Gasteiger partial charge is 0.380 e. The van der Waals surface area contributed by atoms with E-state index in [4.69, 9.17) is 4.74 Å². The van der Waals surface area contributed by atoms with Crippen LogP contribution in [0.4, 0.5) is 5.69 Å². The first kappa shape index (κ1) is 15.7. The van der Waals surface area contributed by atoms with Crippen LogP contribution in [0.5, 0.6) is 0 Å². The van der Waals surface area contributed by atoms with Gasteiger partial charge in [-0.25, -0.2) is 4.68 Å². The number of aromatic nitrogens is 2. The van der Waals surface area contributed by atoms with E-state index >= 15 is 0 Å². The lowest BCUT2D eigenvalue weighted by atomic mass is 10.3. The minimum atomic E-state index is -0.0917. The molecule has 1 unspecified atom stereocenters. The van der Waals surface area contributed by atoms with Crippen LogP contribution in [0.1, 0.15) is 13.3 Å². The van der Waals surface area contributed by atoms with Crippen molar-refractivity contribution in [1.29, 1.82) is 0 Å². The first-order valence-electron chi connectivity index (χ1n) is 7.36. The smallest absolute Gasteiger partial charge is 0.269 e. The molecule has 1 N–H and O–H groups in total. The van der Waals surface area contributed by atoms with Crippen molar-refractivity contribution < 1.29 is 4.74 Å². The maximum atomic E-state index is 12.1. The third-order valence-corrected chi connectivity index (χ3v) is 3.70. The second kappa shape index (κ2) is 7.38. The molecular formula is C15H24N4O2. The molecule has 2 rings (SSSR count). The highest BCUT2D eigenvalue weighted by Gasteiger charge is 2.22. The summed E-state index contributed by atoms with van der Waals surface area (Å²) in [7, 11) is 1.72. The van der Waals surface area contributed by atoms with Crippen molar-refractivity contribution in [2.75, 3.05) is 38.2 Å². The Bertz CT molecular complexity index is 541. The van der Waals surface area contributed by atoms with E-state index in [9.17, 15) is 4.79 Å². The number of nitrogens with zero attached hydrogens (tertiary/aromatic N) is 3. The average molecular weight is 292 g/mol. The lowest BCUT2D eigenvalue weighted by Crippen LogP contribution is -2.29. The Hall–Kier alpha value is -1.66. The third kappa shape index (κ3) is 4.15. The van der Waals surface area contributed by atoms with Crippen LogP contribution in [0.3, 0.4) is 0 Å². The predicted molar refractivity (Wildman–Crippen MR) is 83.8 cm³/mol. The average Bonchev–Trinajstić information content (AvgIpc) is 2.96. The molecule has 6 heteroatoms. The van der Waals surface area contributed by atoms with Crippen molar-refractivity contribution in [3.63, 3.8) is 0 Å². The van der Waals surface area contributed by atoms with Crippen LogP contribution < -0.4 is 15.8 Å². The van der Waals surface area contributed by atoms with Gasteiger partial charge < -0.3 is 15.0 Å². The summed E-state index contributed by atoms with van der Waals surface area (Å²) in [6.45, 7) is 9.75. The van der Waals surface area contributed by atoms with Gasteiger partial charge in [-0.2, -0.15) is 5.10 Å². The Morgan fingerprint density at radius 3 is 3.05 bits per heavy atom. The molecule has 21 heavy (non-hydrogen) atoms. The molecular weight excluding hydrogens is 268 g/mol. The Kier molecular flexibility index (Phi) is 5.52. The second-order valence-corrected chi connectivity index (χ2v) is 5.33. The van der Waals surface area contributed by atoms with Crippen molar-refractivity contribution in [1.82, 2.24) is 15.1 Å². The van der Waals surface area contributed by atoms with Gasteiger partial charge in [0.15, 0.2) is 0 Å². The van der Waals surface area contributed by atoms with Crippen LogP contribution in [-0.4, -0.2) is 49.2 Å². The molecule has 0 aliphatic carbocycles. The molecule has 1 aromatic heterocycles. The highest BCUT2D eigenvalue weighted by atomic mass is 16.5. The molecule has 1 aliphatic rings. The van der Waals surface area contributed by atoms with E-state index in [0.29, 0.717) is 13.1 Å². The molecule has 2 heterocycles. The van der Waals surface area contributed by atoms with E-state index in [0.717, 1.165) is 37.3 Å². The van der Waals surface area contributed by atoms with Crippen LogP contribution in [0.2, 0.25) is 0 Å². The Labute approximate surface area is 125 Å². The summed E-state index contributed by atoms with van der Waals surface area (Å²) in [5.74, 6) is 0. The predicted octanol–water partition coefficient (Wildman–Crippen LogP) is 0.634. The Morgan fingerprint density at radius 2 is 2.43 bits per heavy atom. The van der Waals surface area contributed by atoms with Gasteiger partial charge in [0, 0.05) is 32.8 Å². The molecule has 1 atom stereocenters. The van der Waals surface area contributed by atoms with E-state index in [1.807, 2.05) is 6.92 Å². The van der Waals surface area contributed by atoms with Crippen molar-refractivity contribution in [3.05, 3.63) is 34.8 Å². The fourth-order valence-electron chi connectivity index (χ4n) is 2.44. The van der Waals surface area contributed by atoms with Gasteiger partial charge in [-0.05, 0) is 18.5 Å². The quantitative estimate of drug-likeness (QED) is 0.747. The van der Waals surface area contributed by atoms with Gasteiger partial charge in [0.1, 0.15) is 0 Å². The highest BCUT2D eigenvalue weighted by molar-refractivity contribution is 5.44. The van der Waals surface area contributed by atoms with E-state index in [1.165, 1.54) is 4.68 Å². The van der Waals surface area contributed by atoms with Crippen LogP contribution in [0.25, 0.3) is 0 Å². The Morgan fingerprint density at radius 1 is 1.62 bits per heavy atom. The summed E-state index contributed by atoms with van der Waals surface area (Å²) in [4.78, 5) is 14.3. The molecule has 6 nitrogen and oxygen atoms in total. The van der Waals surface area contributed by atoms with Gasteiger partial charge in [-0.1, -0.05) is 13.5 Å². The summed E-state index contributed by atoms with van der Waals surface area (Å²) in [5.41, 5.74) is 1.72. The van der Waals surface area contributed by atoms with E-state index in [-0.39, 0.29) is 11.7 Å². The first-order chi connectivity index (χ1) is 10.1. The van der Waals surface area contributed by atoms with Gasteiger partial charge in [0.05, 0.1) is 24.5 Å². The Balaban J connectivity index is 2.01. The van der Waals surface area contributed by atoms with Gasteiger partial charge >= 0.3 is 0 Å². The van der Waals surface area contributed by atoms with Gasteiger partial charge in [0.2, 0.25) is 0 Å². The lowest BCUT2D eigenvalue weighted by molar-refractivity contribution is 0.121. The number of likely N-dealkylation sites (N-methyl/N-ethyl adjacent to an activating group) is 1. The zero-order chi connectivity index (χ0) is 15.2. The van der Waals surface area contributed by atoms with Gasteiger partial charge in [-0.15, -0.1) is 0 Å². The second-order valence-electron chi connectivity index (χ2n) is 5.33. The molecule has 0 spiro atoms. The lowest BCUT2D eigenvalue weighted by Gasteiger charge is -2.18. The van der Waals surface area contributed by atoms with Gasteiger partial charge in [-0.3, -0.25) is 4.79 Å². The number of ether oxygens (including phenoxy) is 1. The molecule has 116 valence electrons. The summed E-state index contributed by atoms with van der Waals surface area (Å²) in [6, 6.07) is 1.64. The zero-order valence-corrected chi connectivity index (χ0v) is 12.8. The van der Waals surface area contributed by atoms with Crippen molar-refractivity contribution in [2.45, 2.75) is 26.0 Å². The molecule has 1 aromatic rings. The van der Waals surface area contributed by atoms with Gasteiger partial charge in [0.25, 0.3) is 5.56 Å². The standard InChI is InChI=1S/C15H24N4O2/c1-4-16-8-12(2)10-19-15(20)7-13(9-17-19)18-6-5-14(11-18)21-3/h7,9,14,16H,2,4-6,8,10-11H2,1,3H3. The summed E-state index contributed by atoms with van der Waals surface area (Å²) in [5, 5.41) is 7.45. The maximum absolute atomic E-state index is 12.1. The molecule has 0 radical (unpaired) electrons. The third-order valence-electron chi connectivity index (χ3n) is 3.70. The van der Waals surface area contributed by atoms with E-state index < -0.39 is 0 Å². The fourth-order valence-corrected chi connectivity index (χ4v) is 2.44. The van der Waals surface area contributed by atoms with Crippen LogP contribution >= 0.6 is 0 Å². The fraction of sp³-hybridized carbons (Fsp3) is 0.600. The van der Waals surface area contributed by atoms with E-state index in [1.54, 1.807) is 19.4 Å². The van der Waals surface area contributed by atoms with Crippen molar-refractivity contribution >= 4 is 5.69 Å². The van der Waals surface area contributed by atoms with Crippen LogP contribution in [-0.2, 0) is 11.3 Å². The molecule has 0 aromatic carbocycles. The summed E-state index contributed by atoms with van der Waals surface area (Å²) in [6.07, 6.45) is 2.98. The van der Waals surface area contributed by atoms with Crippen LogP contribution in [0.15, 0.2) is 29.2 Å². The highest BCUT2D eigenvalue weighted by Crippen LogP contribution is 2.19. The van der Waals surface area contributed by atoms with Crippen LogP contribution in [0, 0.1) is 0 Å². The SMILES string of the molecule is C=C(CNCC)Cn1ncc(N2CCC(OC)C2)cc1=O. The molecule has 0 bridgehead atoms. The number of nitrogens with one attached hydrogen (secondary N) is 1. The first-order valence-corrected chi connectivity index (χ1v) is 7.36. The van der Waals surface area contributed by atoms with E-state index in [2.05, 4.69) is 21.9 Å². The molecule has 1 fully saturated rings. The van der Waals surface area contributed by atoms with Crippen molar-refractivity contribution in [2.24, 2.45) is 0 Å². The molecule has 1 aliphatic heterocycles. The molecule has 0 amide bonds. The number of hydrogen-bond donors (Lipinski definition) is 1. The molecule has 0 saturated carbocycles. The zero-order valence-electron chi connectivity index (χ0n) is 12.8. The maximum Gasteiger partial charge on any atom is 0.269 e. The molecule has 1 saturated heterocycles. The number of methoxy groups -OCH3 is 1. The number of anilines is 1. The minimum Gasteiger partial charge on any atom is -0.380 e. The topological polar surface area (TPSA) is 59.4 Å². The monoisotopic (exact) mass is 292 g/mol. The minimum absolute atomic E-state index is 0.0917. The number of rotatable bonds is 7. The number of hydrogen-bond acceptors (Lipinski definition) is 5. The normalized spacial score (nSPS) is 18.2. The van der Waals surface area contributed by atoms with Crippen molar-refractivity contribution in [3.8, 4) is 0 Å². The summed E-state index contributed by atoms with van der Waals surface area (Å²) < 4.78 is 6.79.